The molecule has 0 saturated heterocycles. The molecule has 3 aromatic rings. The molecule has 8 nitrogen and oxygen atoms in total. The van der Waals surface area contributed by atoms with Crippen molar-refractivity contribution in [2.75, 3.05) is 24.5 Å². The number of likely N-dealkylation sites (N-methyl/N-ethyl adjacent to an activating group) is 1. The van der Waals surface area contributed by atoms with Crippen LogP contribution in [-0.4, -0.2) is 51.4 Å². The van der Waals surface area contributed by atoms with Crippen molar-refractivity contribution in [1.29, 1.82) is 0 Å². The van der Waals surface area contributed by atoms with Gasteiger partial charge in [-0.25, -0.2) is 12.8 Å². The Kier molecular flexibility index (Phi) is 9.46. The van der Waals surface area contributed by atoms with Crippen molar-refractivity contribution in [3.05, 3.63) is 89.7 Å². The van der Waals surface area contributed by atoms with Crippen molar-refractivity contribution in [2.24, 2.45) is 0 Å². The van der Waals surface area contributed by atoms with Crippen LogP contribution in [0.4, 0.5) is 10.1 Å². The minimum absolute atomic E-state index is 0.0483. The first-order valence-electron chi connectivity index (χ1n) is 12.1. The van der Waals surface area contributed by atoms with E-state index in [9.17, 15) is 22.4 Å². The smallest absolute Gasteiger partial charge is 0.264 e. The van der Waals surface area contributed by atoms with Crippen LogP contribution in [0.15, 0.2) is 77.7 Å². The number of carbonyl (C=O) groups is 2. The topological polar surface area (TPSA) is 96.0 Å². The Labute approximate surface area is 223 Å². The van der Waals surface area contributed by atoms with Gasteiger partial charge < -0.3 is 15.0 Å². The van der Waals surface area contributed by atoms with E-state index in [1.54, 1.807) is 62.4 Å². The van der Waals surface area contributed by atoms with Crippen LogP contribution in [-0.2, 0) is 26.2 Å². The van der Waals surface area contributed by atoms with Crippen LogP contribution in [0.5, 0.6) is 5.75 Å². The first-order valence-corrected chi connectivity index (χ1v) is 13.6. The summed E-state index contributed by atoms with van der Waals surface area (Å²) in [6.07, 6.45) is 0. The number of ether oxygens (including phenoxy) is 1. The fourth-order valence-corrected chi connectivity index (χ4v) is 5.26. The number of amides is 2. The maximum atomic E-state index is 13.8. The number of rotatable bonds is 11. The largest absolute Gasteiger partial charge is 0.497 e. The average molecular weight is 542 g/mol. The van der Waals surface area contributed by atoms with Crippen LogP contribution in [0.3, 0.4) is 0 Å². The van der Waals surface area contributed by atoms with Crippen LogP contribution < -0.4 is 14.4 Å². The summed E-state index contributed by atoms with van der Waals surface area (Å²) in [5.41, 5.74) is 1.88. The molecule has 10 heteroatoms. The first-order chi connectivity index (χ1) is 18.1. The zero-order valence-electron chi connectivity index (χ0n) is 21.8. The van der Waals surface area contributed by atoms with E-state index in [4.69, 9.17) is 4.74 Å². The third kappa shape index (κ3) is 6.89. The van der Waals surface area contributed by atoms with Gasteiger partial charge in [0.2, 0.25) is 11.8 Å². The number of methoxy groups -OCH3 is 1. The third-order valence-electron chi connectivity index (χ3n) is 6.01. The summed E-state index contributed by atoms with van der Waals surface area (Å²) in [4.78, 5) is 27.7. The van der Waals surface area contributed by atoms with Crippen molar-refractivity contribution in [3.63, 3.8) is 0 Å². The quantitative estimate of drug-likeness (QED) is 0.397. The van der Waals surface area contributed by atoms with Crippen molar-refractivity contribution >= 4 is 27.5 Å². The summed E-state index contributed by atoms with van der Waals surface area (Å²) >= 11 is 0. The predicted molar refractivity (Wildman–Crippen MR) is 144 cm³/mol. The van der Waals surface area contributed by atoms with E-state index in [2.05, 4.69) is 5.32 Å². The number of hydrogen-bond donors (Lipinski definition) is 1. The lowest BCUT2D eigenvalue weighted by atomic mass is 10.1. The van der Waals surface area contributed by atoms with Crippen LogP contribution in [0.2, 0.25) is 0 Å². The Morgan fingerprint density at radius 3 is 2.29 bits per heavy atom. The molecule has 0 fully saturated rings. The maximum Gasteiger partial charge on any atom is 0.264 e. The standard InChI is InChI=1S/C28H32FN3O5S/c1-5-30-28(34)21(3)31(18-22-7-6-8-25(17-22)37-4)27(33)19-32(24-13-9-20(2)10-14-24)38(35,36)26-15-11-23(29)12-16-26/h6-17,21H,5,18-19H2,1-4H3,(H,30,34). The minimum atomic E-state index is -4.25. The molecule has 0 aliphatic heterocycles. The molecule has 38 heavy (non-hydrogen) atoms. The van der Waals surface area contributed by atoms with E-state index in [0.29, 0.717) is 17.9 Å². The number of nitrogens with one attached hydrogen (secondary N) is 1. The summed E-state index contributed by atoms with van der Waals surface area (Å²) in [5, 5.41) is 2.72. The van der Waals surface area contributed by atoms with Gasteiger partial charge in [-0.1, -0.05) is 29.8 Å². The fourth-order valence-electron chi connectivity index (χ4n) is 3.85. The zero-order valence-corrected chi connectivity index (χ0v) is 22.7. The number of benzene rings is 3. The lowest BCUT2D eigenvalue weighted by Gasteiger charge is -2.32. The molecule has 3 rings (SSSR count). The van der Waals surface area contributed by atoms with Gasteiger partial charge in [-0.3, -0.25) is 13.9 Å². The van der Waals surface area contributed by atoms with Gasteiger partial charge in [0.1, 0.15) is 24.2 Å². The van der Waals surface area contributed by atoms with Crippen molar-refractivity contribution in [2.45, 2.75) is 38.3 Å². The molecule has 1 atom stereocenters. The number of hydrogen-bond acceptors (Lipinski definition) is 5. The number of anilines is 1. The molecule has 1 unspecified atom stereocenters. The molecule has 0 radical (unpaired) electrons. The monoisotopic (exact) mass is 541 g/mol. The lowest BCUT2D eigenvalue weighted by Crippen LogP contribution is -2.51. The van der Waals surface area contributed by atoms with E-state index in [1.807, 2.05) is 6.92 Å². The van der Waals surface area contributed by atoms with Crippen molar-refractivity contribution in [3.8, 4) is 5.75 Å². The molecule has 0 spiro atoms. The van der Waals surface area contributed by atoms with E-state index in [-0.39, 0.29) is 23.0 Å². The summed E-state index contributed by atoms with van der Waals surface area (Å²) < 4.78 is 47.1. The van der Waals surface area contributed by atoms with E-state index >= 15 is 0 Å². The highest BCUT2D eigenvalue weighted by Crippen LogP contribution is 2.25. The molecule has 1 N–H and O–H groups in total. The van der Waals surface area contributed by atoms with Gasteiger partial charge >= 0.3 is 0 Å². The molecule has 0 saturated carbocycles. The van der Waals surface area contributed by atoms with Gasteiger partial charge in [-0.2, -0.15) is 0 Å². The second-order valence-corrected chi connectivity index (χ2v) is 10.6. The van der Waals surface area contributed by atoms with Gasteiger partial charge in [-0.05, 0) is 74.9 Å². The molecule has 2 amide bonds. The fraction of sp³-hybridized carbons (Fsp3) is 0.286. The predicted octanol–water partition coefficient (Wildman–Crippen LogP) is 3.89. The molecule has 0 heterocycles. The van der Waals surface area contributed by atoms with Gasteiger partial charge in [0.15, 0.2) is 0 Å². The normalized spacial score (nSPS) is 11.9. The summed E-state index contributed by atoms with van der Waals surface area (Å²) in [6, 6.07) is 17.3. The molecule has 0 aliphatic rings. The molecular formula is C28H32FN3O5S. The Bertz CT molecular complexity index is 1360. The summed E-state index contributed by atoms with van der Waals surface area (Å²) in [5.74, 6) is -0.951. The lowest BCUT2D eigenvalue weighted by molar-refractivity contribution is -0.139. The Hall–Kier alpha value is -3.92. The highest BCUT2D eigenvalue weighted by atomic mass is 32.2. The maximum absolute atomic E-state index is 13.8. The minimum Gasteiger partial charge on any atom is -0.497 e. The zero-order chi connectivity index (χ0) is 27.9. The summed E-state index contributed by atoms with van der Waals surface area (Å²) in [7, 11) is -2.73. The van der Waals surface area contributed by atoms with Gasteiger partial charge in [0.25, 0.3) is 10.0 Å². The first kappa shape index (κ1) is 28.6. The van der Waals surface area contributed by atoms with E-state index in [1.165, 1.54) is 12.0 Å². The highest BCUT2D eigenvalue weighted by molar-refractivity contribution is 7.92. The van der Waals surface area contributed by atoms with Crippen LogP contribution in [0.1, 0.15) is 25.0 Å². The molecule has 0 bridgehead atoms. The number of halogens is 1. The van der Waals surface area contributed by atoms with Crippen molar-refractivity contribution in [1.82, 2.24) is 10.2 Å². The van der Waals surface area contributed by atoms with E-state index < -0.39 is 34.3 Å². The van der Waals surface area contributed by atoms with Crippen molar-refractivity contribution < 1.29 is 27.1 Å². The molecule has 202 valence electrons. The van der Waals surface area contributed by atoms with Crippen LogP contribution >= 0.6 is 0 Å². The number of aryl methyl sites for hydroxylation is 1. The van der Waals surface area contributed by atoms with Crippen LogP contribution in [0, 0.1) is 12.7 Å². The SMILES string of the molecule is CCNC(=O)C(C)N(Cc1cccc(OC)c1)C(=O)CN(c1ccc(C)cc1)S(=O)(=O)c1ccc(F)cc1. The Balaban J connectivity index is 2.02. The number of carbonyl (C=O) groups excluding carboxylic acids is 2. The molecular weight excluding hydrogens is 509 g/mol. The van der Waals surface area contributed by atoms with Gasteiger partial charge in [0, 0.05) is 13.1 Å². The van der Waals surface area contributed by atoms with Gasteiger partial charge in [-0.15, -0.1) is 0 Å². The third-order valence-corrected chi connectivity index (χ3v) is 7.80. The molecule has 3 aromatic carbocycles. The molecule has 0 aliphatic carbocycles. The highest BCUT2D eigenvalue weighted by Gasteiger charge is 2.32. The Morgan fingerprint density at radius 2 is 1.68 bits per heavy atom. The van der Waals surface area contributed by atoms with E-state index in [0.717, 1.165) is 34.1 Å². The number of sulfonamides is 1. The van der Waals surface area contributed by atoms with Crippen LogP contribution in [0.25, 0.3) is 0 Å². The second-order valence-electron chi connectivity index (χ2n) is 8.74. The number of nitrogens with zero attached hydrogens (tertiary/aromatic N) is 2. The molecule has 0 aromatic heterocycles. The van der Waals surface area contributed by atoms with Gasteiger partial charge in [0.05, 0.1) is 17.7 Å². The average Bonchev–Trinajstić information content (AvgIpc) is 2.91. The second kappa shape index (κ2) is 12.6. The Morgan fingerprint density at radius 1 is 1.03 bits per heavy atom. The summed E-state index contributed by atoms with van der Waals surface area (Å²) in [6.45, 7) is 5.07.